The smallest absolute Gasteiger partial charge is 0.214 e. The molecule has 1 heterocycles. The van der Waals surface area contributed by atoms with Gasteiger partial charge in [-0.3, -0.25) is 0 Å². The number of rotatable bonds is 8. The molecule has 0 aliphatic rings. The molecule has 0 spiro atoms. The molecule has 0 bridgehead atoms. The van der Waals surface area contributed by atoms with E-state index in [9.17, 15) is 0 Å². The van der Waals surface area contributed by atoms with Gasteiger partial charge in [-0.15, -0.1) is 0 Å². The molecule has 1 unspecified atom stereocenters. The molecule has 0 aromatic carbocycles. The van der Waals surface area contributed by atoms with Crippen LogP contribution >= 0.6 is 0 Å². The summed E-state index contributed by atoms with van der Waals surface area (Å²) in [7, 11) is 1.68. The van der Waals surface area contributed by atoms with Crippen molar-refractivity contribution >= 4 is 0 Å². The van der Waals surface area contributed by atoms with E-state index in [-0.39, 0.29) is 11.6 Å². The van der Waals surface area contributed by atoms with Gasteiger partial charge < -0.3 is 14.8 Å². The lowest BCUT2D eigenvalue weighted by Crippen LogP contribution is -2.35. The molecule has 0 saturated heterocycles. The zero-order valence-electron chi connectivity index (χ0n) is 14.3. The molecule has 0 fully saturated rings. The number of nitrogens with one attached hydrogen (secondary N) is 1. The van der Waals surface area contributed by atoms with Gasteiger partial charge in [0, 0.05) is 31.0 Å². The van der Waals surface area contributed by atoms with E-state index in [0.29, 0.717) is 12.5 Å². The van der Waals surface area contributed by atoms with Crippen molar-refractivity contribution in [2.45, 2.75) is 65.6 Å². The molecule has 1 atom stereocenters. The van der Waals surface area contributed by atoms with Gasteiger partial charge in [0.05, 0.1) is 6.61 Å². The first-order valence-electron chi connectivity index (χ1n) is 7.74. The van der Waals surface area contributed by atoms with Gasteiger partial charge in [0.1, 0.15) is 6.10 Å². The third-order valence-corrected chi connectivity index (χ3v) is 2.97. The average Bonchev–Trinajstić information content (AvgIpc) is 2.36. The SMILES string of the molecule is CCCc1cc(CNC(C)(C)C)cc(OC(C)COC)n1. The molecule has 21 heavy (non-hydrogen) atoms. The van der Waals surface area contributed by atoms with Gasteiger partial charge in [-0.1, -0.05) is 13.3 Å². The van der Waals surface area contributed by atoms with Crippen molar-refractivity contribution in [3.05, 3.63) is 23.4 Å². The molecule has 0 radical (unpaired) electrons. The van der Waals surface area contributed by atoms with Crippen molar-refractivity contribution < 1.29 is 9.47 Å². The number of hydrogen-bond donors (Lipinski definition) is 1. The van der Waals surface area contributed by atoms with Gasteiger partial charge in [0.15, 0.2) is 0 Å². The summed E-state index contributed by atoms with van der Waals surface area (Å²) in [6.07, 6.45) is 2.05. The number of aromatic nitrogens is 1. The number of ether oxygens (including phenoxy) is 2. The molecule has 0 amide bonds. The summed E-state index contributed by atoms with van der Waals surface area (Å²) in [5, 5.41) is 3.51. The number of nitrogens with zero attached hydrogens (tertiary/aromatic N) is 1. The number of pyridine rings is 1. The van der Waals surface area contributed by atoms with Crippen molar-refractivity contribution in [1.29, 1.82) is 0 Å². The van der Waals surface area contributed by atoms with E-state index in [4.69, 9.17) is 9.47 Å². The van der Waals surface area contributed by atoms with Crippen LogP contribution in [0, 0.1) is 0 Å². The summed E-state index contributed by atoms with van der Waals surface area (Å²) in [5.41, 5.74) is 2.40. The largest absolute Gasteiger partial charge is 0.472 e. The summed E-state index contributed by atoms with van der Waals surface area (Å²) in [6.45, 7) is 12.0. The van der Waals surface area contributed by atoms with Crippen LogP contribution in [0.15, 0.2) is 12.1 Å². The maximum atomic E-state index is 5.85. The van der Waals surface area contributed by atoms with Crippen LogP contribution in [-0.2, 0) is 17.7 Å². The molecule has 1 rings (SSSR count). The first-order valence-corrected chi connectivity index (χ1v) is 7.74. The van der Waals surface area contributed by atoms with Crippen LogP contribution in [-0.4, -0.2) is 30.3 Å². The Bertz CT molecular complexity index is 427. The second-order valence-electron chi connectivity index (χ2n) is 6.54. The monoisotopic (exact) mass is 294 g/mol. The van der Waals surface area contributed by atoms with Gasteiger partial charge in [-0.2, -0.15) is 0 Å². The van der Waals surface area contributed by atoms with Crippen molar-refractivity contribution in [3.63, 3.8) is 0 Å². The predicted octanol–water partition coefficient (Wildman–Crippen LogP) is 3.34. The predicted molar refractivity (Wildman–Crippen MR) is 86.8 cm³/mol. The van der Waals surface area contributed by atoms with Crippen LogP contribution in [0.25, 0.3) is 0 Å². The lowest BCUT2D eigenvalue weighted by molar-refractivity contribution is 0.0887. The quantitative estimate of drug-likeness (QED) is 0.798. The van der Waals surface area contributed by atoms with Crippen LogP contribution in [0.1, 0.15) is 52.3 Å². The van der Waals surface area contributed by atoms with E-state index in [1.807, 2.05) is 13.0 Å². The van der Waals surface area contributed by atoms with Crippen molar-refractivity contribution in [1.82, 2.24) is 10.3 Å². The second kappa shape index (κ2) is 8.35. The van der Waals surface area contributed by atoms with Gasteiger partial charge in [-0.25, -0.2) is 4.98 Å². The van der Waals surface area contributed by atoms with Gasteiger partial charge in [-0.05, 0) is 45.7 Å². The maximum Gasteiger partial charge on any atom is 0.214 e. The minimum Gasteiger partial charge on any atom is -0.472 e. The van der Waals surface area contributed by atoms with Crippen LogP contribution in [0.5, 0.6) is 5.88 Å². The summed E-state index contributed by atoms with van der Waals surface area (Å²) >= 11 is 0. The van der Waals surface area contributed by atoms with E-state index in [0.717, 1.165) is 25.1 Å². The average molecular weight is 294 g/mol. The number of hydrogen-bond acceptors (Lipinski definition) is 4. The van der Waals surface area contributed by atoms with Gasteiger partial charge >= 0.3 is 0 Å². The van der Waals surface area contributed by atoms with Crippen molar-refractivity contribution in [3.8, 4) is 5.88 Å². The van der Waals surface area contributed by atoms with E-state index < -0.39 is 0 Å². The molecule has 4 nitrogen and oxygen atoms in total. The first-order chi connectivity index (χ1) is 9.84. The zero-order chi connectivity index (χ0) is 15.9. The van der Waals surface area contributed by atoms with E-state index >= 15 is 0 Å². The maximum absolute atomic E-state index is 5.85. The normalized spacial score (nSPS) is 13.2. The lowest BCUT2D eigenvalue weighted by atomic mass is 10.1. The highest BCUT2D eigenvalue weighted by molar-refractivity contribution is 5.25. The van der Waals surface area contributed by atoms with Gasteiger partial charge in [0.25, 0.3) is 0 Å². The molecule has 120 valence electrons. The molecule has 0 aliphatic heterocycles. The van der Waals surface area contributed by atoms with Crippen LogP contribution < -0.4 is 10.1 Å². The molecule has 4 heteroatoms. The molecular weight excluding hydrogens is 264 g/mol. The fraction of sp³-hybridized carbons (Fsp3) is 0.706. The standard InChI is InChI=1S/C17H30N2O2/c1-7-8-15-9-14(11-18-17(3,4)5)10-16(19-15)21-13(2)12-20-6/h9-10,13,18H,7-8,11-12H2,1-6H3. The lowest BCUT2D eigenvalue weighted by Gasteiger charge is -2.21. The Hall–Kier alpha value is -1.13. The van der Waals surface area contributed by atoms with E-state index in [1.165, 1.54) is 5.56 Å². The third-order valence-electron chi connectivity index (χ3n) is 2.97. The second-order valence-corrected chi connectivity index (χ2v) is 6.54. The fourth-order valence-electron chi connectivity index (χ4n) is 2.01. The topological polar surface area (TPSA) is 43.4 Å². The number of methoxy groups -OCH3 is 1. The molecule has 0 aliphatic carbocycles. The molecule has 1 aromatic rings. The summed E-state index contributed by atoms with van der Waals surface area (Å²) in [6, 6.07) is 4.18. The zero-order valence-corrected chi connectivity index (χ0v) is 14.3. The van der Waals surface area contributed by atoms with E-state index in [1.54, 1.807) is 7.11 Å². The number of aryl methyl sites for hydroxylation is 1. The Morgan fingerprint density at radius 3 is 2.57 bits per heavy atom. The Labute approximate surface area is 129 Å². The first kappa shape index (κ1) is 17.9. The Morgan fingerprint density at radius 2 is 2.00 bits per heavy atom. The van der Waals surface area contributed by atoms with Crippen LogP contribution in [0.4, 0.5) is 0 Å². The molecule has 1 aromatic heterocycles. The van der Waals surface area contributed by atoms with E-state index in [2.05, 4.69) is 44.1 Å². The third kappa shape index (κ3) is 7.44. The van der Waals surface area contributed by atoms with Gasteiger partial charge in [0.2, 0.25) is 5.88 Å². The summed E-state index contributed by atoms with van der Waals surface area (Å²) < 4.78 is 11.0. The Kier molecular flexibility index (Phi) is 7.12. The minimum atomic E-state index is 0.00259. The molecular formula is C17H30N2O2. The summed E-state index contributed by atoms with van der Waals surface area (Å²) in [5.74, 6) is 0.691. The summed E-state index contributed by atoms with van der Waals surface area (Å²) in [4.78, 5) is 4.58. The highest BCUT2D eigenvalue weighted by Gasteiger charge is 2.11. The molecule has 0 saturated carbocycles. The minimum absolute atomic E-state index is 0.00259. The molecule has 1 N–H and O–H groups in total. The van der Waals surface area contributed by atoms with Crippen molar-refractivity contribution in [2.24, 2.45) is 0 Å². The van der Waals surface area contributed by atoms with Crippen molar-refractivity contribution in [2.75, 3.05) is 13.7 Å². The highest BCUT2D eigenvalue weighted by atomic mass is 16.5. The Morgan fingerprint density at radius 1 is 1.29 bits per heavy atom. The Balaban J connectivity index is 2.84. The van der Waals surface area contributed by atoms with Crippen LogP contribution in [0.3, 0.4) is 0 Å². The van der Waals surface area contributed by atoms with Crippen LogP contribution in [0.2, 0.25) is 0 Å². The highest BCUT2D eigenvalue weighted by Crippen LogP contribution is 2.16. The fourth-order valence-corrected chi connectivity index (χ4v) is 2.01.